The fourth-order valence-corrected chi connectivity index (χ4v) is 5.53. The van der Waals surface area contributed by atoms with Gasteiger partial charge in [-0.2, -0.15) is 0 Å². The van der Waals surface area contributed by atoms with E-state index in [1.54, 1.807) is 12.1 Å². The molecule has 0 atom stereocenters. The van der Waals surface area contributed by atoms with Gasteiger partial charge in [0.25, 0.3) is 5.91 Å². The van der Waals surface area contributed by atoms with Gasteiger partial charge in [0.05, 0.1) is 10.9 Å². The number of nitrogens with one attached hydrogen (secondary N) is 2. The Hall–Kier alpha value is -3.16. The van der Waals surface area contributed by atoms with Gasteiger partial charge >= 0.3 is 0 Å². The number of carbonyl (C=O) groups is 1. The van der Waals surface area contributed by atoms with Crippen molar-refractivity contribution in [1.29, 1.82) is 0 Å². The first-order valence-corrected chi connectivity index (χ1v) is 13.1. The highest BCUT2D eigenvalue weighted by Gasteiger charge is 2.22. The van der Waals surface area contributed by atoms with Crippen LogP contribution >= 0.6 is 0 Å². The molecule has 0 bridgehead atoms. The number of amides is 1. The first kappa shape index (κ1) is 24.0. The molecule has 0 radical (unpaired) electrons. The maximum Gasteiger partial charge on any atom is 0.258 e. The highest BCUT2D eigenvalue weighted by Crippen LogP contribution is 2.23. The lowest BCUT2D eigenvalue weighted by Crippen LogP contribution is -2.36. The lowest BCUT2D eigenvalue weighted by Gasteiger charge is -2.22. The SMILES string of the molecule is O=C(COc1ccc(S(=O)(=O)NC2CCCCC2)cc1)NC(c1ccccc1)c1ccccc1. The zero-order valence-electron chi connectivity index (χ0n) is 19.0. The van der Waals surface area contributed by atoms with E-state index in [1.165, 1.54) is 12.1 Å². The first-order valence-electron chi connectivity index (χ1n) is 11.7. The minimum atomic E-state index is -3.57. The lowest BCUT2D eigenvalue weighted by molar-refractivity contribution is -0.123. The zero-order chi connectivity index (χ0) is 23.8. The predicted octanol–water partition coefficient (Wildman–Crippen LogP) is 4.58. The minimum Gasteiger partial charge on any atom is -0.484 e. The molecule has 1 fully saturated rings. The second kappa shape index (κ2) is 11.3. The third kappa shape index (κ3) is 6.46. The van der Waals surface area contributed by atoms with Crippen molar-refractivity contribution in [2.45, 2.75) is 49.1 Å². The van der Waals surface area contributed by atoms with E-state index in [0.29, 0.717) is 5.75 Å². The van der Waals surface area contributed by atoms with Crippen molar-refractivity contribution in [3.05, 3.63) is 96.1 Å². The Bertz CT molecular complexity index is 1120. The molecule has 0 heterocycles. The number of sulfonamides is 1. The topological polar surface area (TPSA) is 84.5 Å². The second-order valence-corrected chi connectivity index (χ2v) is 10.3. The fraction of sp³-hybridized carbons (Fsp3) is 0.296. The van der Waals surface area contributed by atoms with E-state index in [4.69, 9.17) is 4.74 Å². The Kier molecular flexibility index (Phi) is 7.98. The third-order valence-electron chi connectivity index (χ3n) is 6.00. The fourth-order valence-electron chi connectivity index (χ4n) is 4.22. The number of hydrogen-bond donors (Lipinski definition) is 2. The standard InChI is InChI=1S/C27H30N2O4S/c30-26(28-27(21-10-4-1-5-11-21)22-12-6-2-7-13-22)20-33-24-16-18-25(19-17-24)34(31,32)29-23-14-8-3-9-15-23/h1-2,4-7,10-13,16-19,23,27,29H,3,8-9,14-15,20H2,(H,28,30). The summed E-state index contributed by atoms with van der Waals surface area (Å²) >= 11 is 0. The van der Waals surface area contributed by atoms with Crippen LogP contribution in [0.1, 0.15) is 49.3 Å². The summed E-state index contributed by atoms with van der Waals surface area (Å²) in [5.74, 6) is 0.163. The maximum absolute atomic E-state index is 12.7. The third-order valence-corrected chi connectivity index (χ3v) is 7.54. The lowest BCUT2D eigenvalue weighted by atomic mass is 9.96. The van der Waals surface area contributed by atoms with E-state index in [-0.39, 0.29) is 29.5 Å². The molecule has 3 aromatic rings. The van der Waals surface area contributed by atoms with Gasteiger partial charge in [-0.15, -0.1) is 0 Å². The van der Waals surface area contributed by atoms with Crippen LogP contribution in [0.25, 0.3) is 0 Å². The minimum absolute atomic E-state index is 0.000507. The molecule has 1 saturated carbocycles. The van der Waals surface area contributed by atoms with Gasteiger partial charge in [0.15, 0.2) is 6.61 Å². The van der Waals surface area contributed by atoms with Crippen LogP contribution < -0.4 is 14.8 Å². The summed E-state index contributed by atoms with van der Waals surface area (Å²) in [6.45, 7) is -0.178. The molecule has 7 heteroatoms. The van der Waals surface area contributed by atoms with Crippen molar-refractivity contribution in [3.63, 3.8) is 0 Å². The smallest absolute Gasteiger partial charge is 0.258 e. The summed E-state index contributed by atoms with van der Waals surface area (Å²) in [6, 6.07) is 25.4. The van der Waals surface area contributed by atoms with Crippen LogP contribution in [0.5, 0.6) is 5.75 Å². The van der Waals surface area contributed by atoms with Crippen LogP contribution in [0, 0.1) is 0 Å². The number of rotatable bonds is 9. The zero-order valence-corrected chi connectivity index (χ0v) is 19.8. The van der Waals surface area contributed by atoms with Crippen molar-refractivity contribution >= 4 is 15.9 Å². The average molecular weight is 479 g/mol. The van der Waals surface area contributed by atoms with Crippen molar-refractivity contribution in [3.8, 4) is 5.75 Å². The Labute approximate surface area is 201 Å². The molecule has 6 nitrogen and oxygen atoms in total. The quantitative estimate of drug-likeness (QED) is 0.471. The molecule has 34 heavy (non-hydrogen) atoms. The van der Waals surface area contributed by atoms with Crippen LogP contribution in [-0.2, 0) is 14.8 Å². The van der Waals surface area contributed by atoms with Gasteiger partial charge in [0.1, 0.15) is 5.75 Å². The van der Waals surface area contributed by atoms with Crippen LogP contribution in [0.15, 0.2) is 89.8 Å². The molecular weight excluding hydrogens is 448 g/mol. The highest BCUT2D eigenvalue weighted by atomic mass is 32.2. The highest BCUT2D eigenvalue weighted by molar-refractivity contribution is 7.89. The van der Waals surface area contributed by atoms with Gasteiger partial charge in [0.2, 0.25) is 10.0 Å². The molecule has 1 aliphatic carbocycles. The molecule has 0 aromatic heterocycles. The Morgan fingerprint density at radius 1 is 0.824 bits per heavy atom. The Morgan fingerprint density at radius 3 is 1.94 bits per heavy atom. The summed E-state index contributed by atoms with van der Waals surface area (Å²) in [5, 5.41) is 3.03. The molecule has 0 spiro atoms. The van der Waals surface area contributed by atoms with E-state index >= 15 is 0 Å². The molecule has 4 rings (SSSR count). The van der Waals surface area contributed by atoms with Crippen LogP contribution in [0.2, 0.25) is 0 Å². The van der Waals surface area contributed by atoms with E-state index in [2.05, 4.69) is 10.0 Å². The summed E-state index contributed by atoms with van der Waals surface area (Å²) in [6.07, 6.45) is 5.02. The van der Waals surface area contributed by atoms with Gasteiger partial charge in [-0.05, 0) is 48.2 Å². The van der Waals surface area contributed by atoms with Crippen molar-refractivity contribution < 1.29 is 17.9 Å². The average Bonchev–Trinajstić information content (AvgIpc) is 2.88. The van der Waals surface area contributed by atoms with Crippen molar-refractivity contribution in [1.82, 2.24) is 10.0 Å². The normalized spacial score (nSPS) is 14.6. The Balaban J connectivity index is 1.36. The predicted molar refractivity (Wildman–Crippen MR) is 132 cm³/mol. The van der Waals surface area contributed by atoms with E-state index in [1.807, 2.05) is 60.7 Å². The van der Waals surface area contributed by atoms with E-state index in [9.17, 15) is 13.2 Å². The number of ether oxygens (including phenoxy) is 1. The molecule has 3 aromatic carbocycles. The van der Waals surface area contributed by atoms with Gasteiger partial charge in [-0.1, -0.05) is 79.9 Å². The molecule has 0 aliphatic heterocycles. The van der Waals surface area contributed by atoms with Crippen LogP contribution in [0.4, 0.5) is 0 Å². The summed E-state index contributed by atoms with van der Waals surface area (Å²) in [7, 11) is -3.57. The van der Waals surface area contributed by atoms with Gasteiger partial charge in [-0.25, -0.2) is 13.1 Å². The van der Waals surface area contributed by atoms with Crippen molar-refractivity contribution in [2.24, 2.45) is 0 Å². The molecule has 0 unspecified atom stereocenters. The van der Waals surface area contributed by atoms with Gasteiger partial charge in [-0.3, -0.25) is 4.79 Å². The van der Waals surface area contributed by atoms with Crippen molar-refractivity contribution in [2.75, 3.05) is 6.61 Å². The van der Waals surface area contributed by atoms with Crippen LogP contribution in [-0.4, -0.2) is 27.0 Å². The van der Waals surface area contributed by atoms with E-state index < -0.39 is 10.0 Å². The number of carbonyl (C=O) groups excluding carboxylic acids is 1. The maximum atomic E-state index is 12.7. The molecule has 178 valence electrons. The Morgan fingerprint density at radius 2 is 1.38 bits per heavy atom. The molecule has 0 saturated heterocycles. The molecular formula is C27H30N2O4S. The summed E-state index contributed by atoms with van der Waals surface area (Å²) in [4.78, 5) is 12.9. The number of hydrogen-bond acceptors (Lipinski definition) is 4. The number of benzene rings is 3. The summed E-state index contributed by atoms with van der Waals surface area (Å²) < 4.78 is 33.7. The molecule has 1 amide bonds. The first-order chi connectivity index (χ1) is 16.5. The summed E-state index contributed by atoms with van der Waals surface area (Å²) in [5.41, 5.74) is 1.95. The largest absolute Gasteiger partial charge is 0.484 e. The van der Waals surface area contributed by atoms with Gasteiger partial charge < -0.3 is 10.1 Å². The monoisotopic (exact) mass is 478 g/mol. The van der Waals surface area contributed by atoms with E-state index in [0.717, 1.165) is 43.2 Å². The second-order valence-electron chi connectivity index (χ2n) is 8.54. The molecule has 2 N–H and O–H groups in total. The van der Waals surface area contributed by atoms with Gasteiger partial charge in [0, 0.05) is 6.04 Å². The van der Waals surface area contributed by atoms with Crippen LogP contribution in [0.3, 0.4) is 0 Å². The molecule has 1 aliphatic rings.